The number of nitrogens with one attached hydrogen (secondary N) is 2. The summed E-state index contributed by atoms with van der Waals surface area (Å²) >= 11 is 0. The molecule has 162 valence electrons. The summed E-state index contributed by atoms with van der Waals surface area (Å²) in [7, 11) is 0. The van der Waals surface area contributed by atoms with Gasteiger partial charge in [0.05, 0.1) is 29.0 Å². The van der Waals surface area contributed by atoms with Crippen molar-refractivity contribution in [3.63, 3.8) is 0 Å². The number of H-pyrrole nitrogens is 1. The fourth-order valence-corrected chi connectivity index (χ4v) is 3.79. The quantitative estimate of drug-likeness (QED) is 0.358. The number of benzene rings is 3. The first-order valence-corrected chi connectivity index (χ1v) is 10.5. The fourth-order valence-electron chi connectivity index (χ4n) is 3.79. The fraction of sp³-hybridized carbons (Fsp3) is 0.0385. The highest BCUT2D eigenvalue weighted by molar-refractivity contribution is 6.05. The van der Waals surface area contributed by atoms with Crippen LogP contribution in [0.5, 0.6) is 0 Å². The topological polar surface area (TPSA) is 106 Å². The molecule has 0 radical (unpaired) electrons. The minimum absolute atomic E-state index is 0.182. The number of hydrogen-bond donors (Lipinski definition) is 3. The van der Waals surface area contributed by atoms with Gasteiger partial charge < -0.3 is 16.0 Å². The third kappa shape index (κ3) is 4.12. The summed E-state index contributed by atoms with van der Waals surface area (Å²) in [5.41, 5.74) is 11.8. The molecule has 4 N–H and O–H groups in total. The zero-order valence-electron chi connectivity index (χ0n) is 17.7. The van der Waals surface area contributed by atoms with Crippen LogP contribution in [0, 0.1) is 0 Å². The molecular weight excluding hydrogens is 414 g/mol. The van der Waals surface area contributed by atoms with Crippen molar-refractivity contribution in [3.8, 4) is 11.1 Å². The Hall–Kier alpha value is -4.65. The lowest BCUT2D eigenvalue weighted by atomic mass is 10.1. The lowest BCUT2D eigenvalue weighted by Crippen LogP contribution is -2.17. The van der Waals surface area contributed by atoms with E-state index in [-0.39, 0.29) is 11.6 Å². The van der Waals surface area contributed by atoms with Gasteiger partial charge in [-0.1, -0.05) is 30.3 Å². The Balaban J connectivity index is 1.36. The number of para-hydroxylation sites is 2. The maximum Gasteiger partial charge on any atom is 0.326 e. The molecule has 0 aliphatic carbocycles. The maximum absolute atomic E-state index is 12.6. The summed E-state index contributed by atoms with van der Waals surface area (Å²) < 4.78 is 1.69. The molecule has 0 saturated carbocycles. The molecule has 0 aliphatic heterocycles. The van der Waals surface area contributed by atoms with Crippen LogP contribution in [-0.4, -0.2) is 20.4 Å². The van der Waals surface area contributed by atoms with Crippen molar-refractivity contribution in [1.29, 1.82) is 0 Å². The lowest BCUT2D eigenvalue weighted by molar-refractivity contribution is 0.102. The number of aromatic amines is 1. The van der Waals surface area contributed by atoms with Gasteiger partial charge in [0, 0.05) is 18.0 Å². The van der Waals surface area contributed by atoms with Crippen LogP contribution in [0.15, 0.2) is 96.1 Å². The number of nitrogens with zero attached hydrogens (tertiary/aromatic N) is 2. The SMILES string of the molecule is Nc1ccccc1NC(=O)c1ccc(Cn2c(=O)[nH]c3cc(-c4ccncc4)ccc32)cc1. The van der Waals surface area contributed by atoms with E-state index in [9.17, 15) is 9.59 Å². The van der Waals surface area contributed by atoms with Gasteiger partial charge in [0.2, 0.25) is 0 Å². The molecule has 0 unspecified atom stereocenters. The van der Waals surface area contributed by atoms with Gasteiger partial charge in [-0.2, -0.15) is 0 Å². The Bertz CT molecular complexity index is 1500. The van der Waals surface area contributed by atoms with Gasteiger partial charge >= 0.3 is 5.69 Å². The third-order valence-electron chi connectivity index (χ3n) is 5.55. The van der Waals surface area contributed by atoms with E-state index in [1.807, 2.05) is 54.6 Å². The summed E-state index contributed by atoms with van der Waals surface area (Å²) in [6, 6.07) is 24.0. The summed E-state index contributed by atoms with van der Waals surface area (Å²) in [4.78, 5) is 32.1. The van der Waals surface area contributed by atoms with Crippen LogP contribution < -0.4 is 16.7 Å². The van der Waals surface area contributed by atoms with Crippen LogP contribution in [0.3, 0.4) is 0 Å². The Morgan fingerprint density at radius 1 is 0.939 bits per heavy atom. The van der Waals surface area contributed by atoms with Crippen molar-refractivity contribution in [2.45, 2.75) is 6.54 Å². The molecule has 2 aromatic heterocycles. The number of rotatable bonds is 5. The molecule has 0 saturated heterocycles. The monoisotopic (exact) mass is 435 g/mol. The van der Waals surface area contributed by atoms with E-state index in [1.165, 1.54) is 0 Å². The number of hydrogen-bond acceptors (Lipinski definition) is 4. The van der Waals surface area contributed by atoms with E-state index in [2.05, 4.69) is 15.3 Å². The van der Waals surface area contributed by atoms with Crippen molar-refractivity contribution in [3.05, 3.63) is 113 Å². The second kappa shape index (κ2) is 8.47. The molecule has 33 heavy (non-hydrogen) atoms. The molecule has 5 rings (SSSR count). The number of imidazole rings is 1. The van der Waals surface area contributed by atoms with Crippen LogP contribution in [-0.2, 0) is 6.54 Å². The smallest absolute Gasteiger partial charge is 0.326 e. The molecule has 1 amide bonds. The highest BCUT2D eigenvalue weighted by Crippen LogP contribution is 2.23. The van der Waals surface area contributed by atoms with Crippen molar-refractivity contribution >= 4 is 28.3 Å². The van der Waals surface area contributed by atoms with Gasteiger partial charge in [-0.15, -0.1) is 0 Å². The number of pyridine rings is 1. The Kier molecular flexibility index (Phi) is 5.20. The normalized spacial score (nSPS) is 10.9. The van der Waals surface area contributed by atoms with Gasteiger partial charge in [-0.25, -0.2) is 4.79 Å². The highest BCUT2D eigenvalue weighted by Gasteiger charge is 2.11. The van der Waals surface area contributed by atoms with Gasteiger partial charge in [0.15, 0.2) is 0 Å². The Morgan fingerprint density at radius 2 is 1.70 bits per heavy atom. The summed E-state index contributed by atoms with van der Waals surface area (Å²) in [6.45, 7) is 0.390. The number of carbonyl (C=O) groups excluding carboxylic acids is 1. The number of anilines is 2. The number of carbonyl (C=O) groups is 1. The number of fused-ring (bicyclic) bond motifs is 1. The second-order valence-electron chi connectivity index (χ2n) is 7.72. The van der Waals surface area contributed by atoms with Gasteiger partial charge in [-0.05, 0) is 65.2 Å². The molecule has 7 heteroatoms. The van der Waals surface area contributed by atoms with Gasteiger partial charge in [-0.3, -0.25) is 14.3 Å². The molecule has 2 heterocycles. The van der Waals surface area contributed by atoms with E-state index in [1.54, 1.807) is 41.2 Å². The average molecular weight is 435 g/mol. The zero-order chi connectivity index (χ0) is 22.8. The largest absolute Gasteiger partial charge is 0.397 e. The number of nitrogens with two attached hydrogens (primary N) is 1. The first-order chi connectivity index (χ1) is 16.1. The van der Waals surface area contributed by atoms with Crippen LogP contribution in [0.4, 0.5) is 11.4 Å². The van der Waals surface area contributed by atoms with Crippen LogP contribution in [0.25, 0.3) is 22.2 Å². The second-order valence-corrected chi connectivity index (χ2v) is 7.72. The summed E-state index contributed by atoms with van der Waals surface area (Å²) in [6.07, 6.45) is 3.48. The van der Waals surface area contributed by atoms with Crippen molar-refractivity contribution in [2.24, 2.45) is 0 Å². The first kappa shape index (κ1) is 20.3. The molecule has 3 aromatic carbocycles. The van der Waals surface area contributed by atoms with Crippen molar-refractivity contribution in [2.75, 3.05) is 11.1 Å². The first-order valence-electron chi connectivity index (χ1n) is 10.5. The lowest BCUT2D eigenvalue weighted by Gasteiger charge is -2.09. The molecule has 5 aromatic rings. The molecular formula is C26H21N5O2. The van der Waals surface area contributed by atoms with E-state index >= 15 is 0 Å². The minimum Gasteiger partial charge on any atom is -0.397 e. The Morgan fingerprint density at radius 3 is 2.45 bits per heavy atom. The molecule has 0 spiro atoms. The van der Waals surface area contributed by atoms with Gasteiger partial charge in [0.1, 0.15) is 0 Å². The van der Waals surface area contributed by atoms with Crippen LogP contribution in [0.1, 0.15) is 15.9 Å². The molecule has 0 bridgehead atoms. The van der Waals surface area contributed by atoms with Gasteiger partial charge in [0.25, 0.3) is 5.91 Å². The molecule has 0 atom stereocenters. The van der Waals surface area contributed by atoms with E-state index in [0.29, 0.717) is 23.5 Å². The predicted octanol–water partition coefficient (Wildman–Crippen LogP) is 4.27. The maximum atomic E-state index is 12.6. The van der Waals surface area contributed by atoms with Crippen molar-refractivity contribution < 1.29 is 4.79 Å². The summed E-state index contributed by atoms with van der Waals surface area (Å²) in [5, 5.41) is 2.82. The average Bonchev–Trinajstić information content (AvgIpc) is 3.15. The minimum atomic E-state index is -0.243. The van der Waals surface area contributed by atoms with E-state index in [0.717, 1.165) is 27.7 Å². The number of nitrogen functional groups attached to an aromatic ring is 1. The summed E-state index contributed by atoms with van der Waals surface area (Å²) in [5.74, 6) is -0.243. The molecule has 0 aliphatic rings. The molecule has 7 nitrogen and oxygen atoms in total. The van der Waals surface area contributed by atoms with Crippen molar-refractivity contribution in [1.82, 2.24) is 14.5 Å². The third-order valence-corrected chi connectivity index (χ3v) is 5.55. The highest BCUT2D eigenvalue weighted by atomic mass is 16.2. The predicted molar refractivity (Wildman–Crippen MR) is 130 cm³/mol. The number of aromatic nitrogens is 3. The zero-order valence-corrected chi connectivity index (χ0v) is 17.7. The standard InChI is InChI=1S/C26H21N5O2/c27-21-3-1-2-4-22(21)29-25(32)19-7-5-17(6-8-19)16-31-24-10-9-20(15-23(24)30-26(31)33)18-11-13-28-14-12-18/h1-15H,16,27H2,(H,29,32)(H,30,33). The Labute approximate surface area is 189 Å². The van der Waals surface area contributed by atoms with E-state index in [4.69, 9.17) is 5.73 Å². The number of amides is 1. The molecule has 0 fully saturated rings. The van der Waals surface area contributed by atoms with Crippen LogP contribution >= 0.6 is 0 Å². The van der Waals surface area contributed by atoms with E-state index < -0.39 is 0 Å². The van der Waals surface area contributed by atoms with Crippen LogP contribution in [0.2, 0.25) is 0 Å².